The summed E-state index contributed by atoms with van der Waals surface area (Å²) in [4.78, 5) is 35.5. The van der Waals surface area contributed by atoms with E-state index in [-0.39, 0.29) is 6.54 Å². The molecule has 0 saturated heterocycles. The van der Waals surface area contributed by atoms with Gasteiger partial charge in [-0.05, 0) is 11.6 Å². The molecule has 0 fully saturated rings. The summed E-state index contributed by atoms with van der Waals surface area (Å²) in [6, 6.07) is 6.20. The van der Waals surface area contributed by atoms with Gasteiger partial charge in [-0.3, -0.25) is 9.59 Å². The van der Waals surface area contributed by atoms with Crippen molar-refractivity contribution < 1.29 is 24.6 Å². The van der Waals surface area contributed by atoms with E-state index in [1.54, 1.807) is 24.3 Å². The highest BCUT2D eigenvalue weighted by atomic mass is 35.5. The summed E-state index contributed by atoms with van der Waals surface area (Å²) in [5.41, 5.74) is 0.681. The zero-order valence-corrected chi connectivity index (χ0v) is 12.1. The molecular formula is C13H15ClN2O5. The van der Waals surface area contributed by atoms with Gasteiger partial charge in [0.15, 0.2) is 0 Å². The second-order valence-corrected chi connectivity index (χ2v) is 4.78. The maximum absolute atomic E-state index is 12.1. The van der Waals surface area contributed by atoms with Crippen molar-refractivity contribution in [1.82, 2.24) is 9.80 Å². The molecule has 114 valence electrons. The molecule has 7 nitrogen and oxygen atoms in total. The number of carbonyl (C=O) groups is 3. The molecule has 0 saturated carbocycles. The summed E-state index contributed by atoms with van der Waals surface area (Å²) in [6.07, 6.45) is 0. The van der Waals surface area contributed by atoms with Gasteiger partial charge in [-0.25, -0.2) is 4.79 Å². The Labute approximate surface area is 126 Å². The first kappa shape index (κ1) is 16.8. The van der Waals surface area contributed by atoms with Crippen LogP contribution in [-0.2, 0) is 16.1 Å². The molecule has 21 heavy (non-hydrogen) atoms. The van der Waals surface area contributed by atoms with E-state index in [0.29, 0.717) is 10.6 Å². The minimum absolute atomic E-state index is 0.147. The van der Waals surface area contributed by atoms with E-state index in [1.807, 2.05) is 0 Å². The van der Waals surface area contributed by atoms with Crippen molar-refractivity contribution in [3.63, 3.8) is 0 Å². The zero-order chi connectivity index (χ0) is 16.0. The molecule has 0 heterocycles. The van der Waals surface area contributed by atoms with Crippen molar-refractivity contribution in [3.8, 4) is 0 Å². The van der Waals surface area contributed by atoms with Gasteiger partial charge >= 0.3 is 18.0 Å². The number of nitrogens with zero attached hydrogens (tertiary/aromatic N) is 2. The number of aliphatic carboxylic acids is 2. The molecule has 0 radical (unpaired) electrons. The summed E-state index contributed by atoms with van der Waals surface area (Å²) in [7, 11) is 1.45. The SMILES string of the molecule is CN(Cc1ccccc1Cl)C(=O)N(CC(=O)O)CC(=O)O. The molecule has 0 atom stereocenters. The molecule has 0 aliphatic heterocycles. The molecule has 2 amide bonds. The largest absolute Gasteiger partial charge is 0.480 e. The lowest BCUT2D eigenvalue weighted by Gasteiger charge is -2.26. The third-order valence-electron chi connectivity index (χ3n) is 2.61. The number of rotatable bonds is 6. The Morgan fingerprint density at radius 1 is 1.10 bits per heavy atom. The van der Waals surface area contributed by atoms with E-state index in [4.69, 9.17) is 21.8 Å². The average Bonchev–Trinajstić information content (AvgIpc) is 2.38. The van der Waals surface area contributed by atoms with Crippen molar-refractivity contribution in [2.75, 3.05) is 20.1 Å². The number of benzene rings is 1. The minimum Gasteiger partial charge on any atom is -0.480 e. The van der Waals surface area contributed by atoms with Gasteiger partial charge in [-0.1, -0.05) is 29.8 Å². The molecule has 1 rings (SSSR count). The van der Waals surface area contributed by atoms with Crippen LogP contribution in [0, 0.1) is 0 Å². The molecule has 0 unspecified atom stereocenters. The molecule has 0 aromatic heterocycles. The number of urea groups is 1. The first-order chi connectivity index (χ1) is 9.81. The van der Waals surface area contributed by atoms with Crippen molar-refractivity contribution in [3.05, 3.63) is 34.9 Å². The predicted molar refractivity (Wildman–Crippen MR) is 75.2 cm³/mol. The van der Waals surface area contributed by atoms with Crippen molar-refractivity contribution in [2.45, 2.75) is 6.54 Å². The summed E-state index contributed by atoms with van der Waals surface area (Å²) in [5.74, 6) is -2.56. The average molecular weight is 315 g/mol. The van der Waals surface area contributed by atoms with E-state index in [9.17, 15) is 14.4 Å². The van der Waals surface area contributed by atoms with E-state index in [0.717, 1.165) is 4.90 Å². The third kappa shape index (κ3) is 5.31. The third-order valence-corrected chi connectivity index (χ3v) is 2.98. The van der Waals surface area contributed by atoms with Crippen LogP contribution >= 0.6 is 11.6 Å². The second-order valence-electron chi connectivity index (χ2n) is 4.37. The number of carboxylic acid groups (broad SMARTS) is 2. The molecule has 0 bridgehead atoms. The number of amides is 2. The highest BCUT2D eigenvalue weighted by Gasteiger charge is 2.23. The predicted octanol–water partition coefficient (Wildman–Crippen LogP) is 1.36. The van der Waals surface area contributed by atoms with Crippen LogP contribution in [0.25, 0.3) is 0 Å². The first-order valence-corrected chi connectivity index (χ1v) is 6.36. The van der Waals surface area contributed by atoms with Crippen LogP contribution < -0.4 is 0 Å². The maximum Gasteiger partial charge on any atom is 0.323 e. The zero-order valence-electron chi connectivity index (χ0n) is 11.3. The summed E-state index contributed by atoms with van der Waals surface area (Å²) in [5, 5.41) is 17.9. The van der Waals surface area contributed by atoms with Gasteiger partial charge < -0.3 is 20.0 Å². The summed E-state index contributed by atoms with van der Waals surface area (Å²) in [6.45, 7) is -1.22. The summed E-state index contributed by atoms with van der Waals surface area (Å²) >= 11 is 5.98. The Bertz CT molecular complexity index is 533. The van der Waals surface area contributed by atoms with Gasteiger partial charge in [0.05, 0.1) is 0 Å². The number of hydrogen-bond acceptors (Lipinski definition) is 3. The van der Waals surface area contributed by atoms with Gasteiger partial charge in [-0.15, -0.1) is 0 Å². The van der Waals surface area contributed by atoms with Crippen LogP contribution in [0.2, 0.25) is 5.02 Å². The standard InChI is InChI=1S/C13H15ClN2O5/c1-15(6-9-4-2-3-5-10(9)14)13(21)16(7-11(17)18)8-12(19)20/h2-5H,6-8H2,1H3,(H,17,18)(H,19,20). The Hall–Kier alpha value is -2.28. The van der Waals surface area contributed by atoms with Crippen molar-refractivity contribution >= 4 is 29.6 Å². The Morgan fingerprint density at radius 2 is 1.62 bits per heavy atom. The van der Waals surface area contributed by atoms with Crippen LogP contribution in [0.1, 0.15) is 5.56 Å². The lowest BCUT2D eigenvalue weighted by molar-refractivity contribution is -0.140. The fourth-order valence-electron chi connectivity index (χ4n) is 1.71. The van der Waals surface area contributed by atoms with E-state index < -0.39 is 31.1 Å². The van der Waals surface area contributed by atoms with Gasteiger partial charge in [0.1, 0.15) is 13.1 Å². The Kier molecular flexibility index (Phi) is 5.98. The monoisotopic (exact) mass is 314 g/mol. The van der Waals surface area contributed by atoms with Crippen molar-refractivity contribution in [1.29, 1.82) is 0 Å². The van der Waals surface area contributed by atoms with Gasteiger partial charge in [0.2, 0.25) is 0 Å². The normalized spacial score (nSPS) is 10.0. The number of halogens is 1. The fourth-order valence-corrected chi connectivity index (χ4v) is 1.90. The molecular weight excluding hydrogens is 300 g/mol. The minimum atomic E-state index is -1.28. The molecule has 0 spiro atoms. The Balaban J connectivity index is 2.80. The molecule has 2 N–H and O–H groups in total. The highest BCUT2D eigenvalue weighted by Crippen LogP contribution is 2.17. The van der Waals surface area contributed by atoms with Gasteiger partial charge in [0.25, 0.3) is 0 Å². The van der Waals surface area contributed by atoms with Crippen LogP contribution in [-0.4, -0.2) is 58.1 Å². The lowest BCUT2D eigenvalue weighted by Crippen LogP contribution is -2.45. The van der Waals surface area contributed by atoms with E-state index in [2.05, 4.69) is 0 Å². The van der Waals surface area contributed by atoms with Crippen LogP contribution in [0.3, 0.4) is 0 Å². The molecule has 8 heteroatoms. The van der Waals surface area contributed by atoms with Gasteiger partial charge in [-0.2, -0.15) is 0 Å². The van der Waals surface area contributed by atoms with Crippen LogP contribution in [0.5, 0.6) is 0 Å². The van der Waals surface area contributed by atoms with E-state index >= 15 is 0 Å². The van der Waals surface area contributed by atoms with Crippen molar-refractivity contribution in [2.24, 2.45) is 0 Å². The highest BCUT2D eigenvalue weighted by molar-refractivity contribution is 6.31. The lowest BCUT2D eigenvalue weighted by atomic mass is 10.2. The number of carboxylic acids is 2. The molecule has 1 aromatic carbocycles. The smallest absolute Gasteiger partial charge is 0.323 e. The second kappa shape index (κ2) is 7.49. The summed E-state index contributed by atoms with van der Waals surface area (Å²) < 4.78 is 0. The quantitative estimate of drug-likeness (QED) is 0.826. The topological polar surface area (TPSA) is 98.2 Å². The maximum atomic E-state index is 12.1. The Morgan fingerprint density at radius 3 is 2.10 bits per heavy atom. The molecule has 0 aliphatic rings. The van der Waals surface area contributed by atoms with Crippen LogP contribution in [0.15, 0.2) is 24.3 Å². The number of carbonyl (C=O) groups excluding carboxylic acids is 1. The molecule has 1 aromatic rings. The first-order valence-electron chi connectivity index (χ1n) is 5.98. The van der Waals surface area contributed by atoms with E-state index in [1.165, 1.54) is 11.9 Å². The molecule has 0 aliphatic carbocycles. The number of hydrogen-bond donors (Lipinski definition) is 2. The van der Waals surface area contributed by atoms with Gasteiger partial charge in [0, 0.05) is 18.6 Å². The fraction of sp³-hybridized carbons (Fsp3) is 0.308. The van der Waals surface area contributed by atoms with Crippen LogP contribution in [0.4, 0.5) is 4.79 Å².